The minimum absolute atomic E-state index is 0.505. The van der Waals surface area contributed by atoms with Crippen LogP contribution in [0.2, 0.25) is 0 Å². The Morgan fingerprint density at radius 2 is 1.38 bits per heavy atom. The van der Waals surface area contributed by atoms with Crippen molar-refractivity contribution in [2.75, 3.05) is 0 Å². The maximum Gasteiger partial charge on any atom is 0.0762 e. The normalized spacial score (nSPS) is 15.5. The van der Waals surface area contributed by atoms with Crippen LogP contribution in [0.1, 0.15) is 37.2 Å². The molecular formula is C10H13BrO2. The highest BCUT2D eigenvalue weighted by Crippen LogP contribution is 2.24. The lowest BCUT2D eigenvalue weighted by atomic mass is 10.0. The number of rotatable bonds is 2. The van der Waals surface area contributed by atoms with Gasteiger partial charge in [-0.15, -0.1) is 0 Å². The van der Waals surface area contributed by atoms with Crippen molar-refractivity contribution < 1.29 is 10.2 Å². The standard InChI is InChI=1S/C10H13BrO2/c1-6(12)8-3-9(7(2)13)5-10(11)4-8/h3-7,12-13H,1-2H3/t6-,7-/m1/s1. The third kappa shape index (κ3) is 2.79. The van der Waals surface area contributed by atoms with Crippen LogP contribution in [0.25, 0.3) is 0 Å². The molecule has 0 aliphatic heterocycles. The van der Waals surface area contributed by atoms with Gasteiger partial charge in [-0.2, -0.15) is 0 Å². The fourth-order valence-electron chi connectivity index (χ4n) is 1.12. The molecule has 0 radical (unpaired) electrons. The zero-order valence-electron chi connectivity index (χ0n) is 7.66. The van der Waals surface area contributed by atoms with Crippen molar-refractivity contribution in [2.45, 2.75) is 26.1 Å². The molecule has 0 aromatic heterocycles. The summed E-state index contributed by atoms with van der Waals surface area (Å²) in [5.74, 6) is 0. The summed E-state index contributed by atoms with van der Waals surface area (Å²) >= 11 is 3.33. The molecule has 1 aromatic carbocycles. The van der Waals surface area contributed by atoms with Crippen molar-refractivity contribution in [3.63, 3.8) is 0 Å². The Morgan fingerprint density at radius 1 is 1.00 bits per heavy atom. The van der Waals surface area contributed by atoms with Crippen molar-refractivity contribution in [2.24, 2.45) is 0 Å². The third-order valence-corrected chi connectivity index (χ3v) is 2.37. The molecule has 0 unspecified atom stereocenters. The second kappa shape index (κ2) is 4.22. The smallest absolute Gasteiger partial charge is 0.0762 e. The van der Waals surface area contributed by atoms with E-state index in [9.17, 15) is 10.2 Å². The summed E-state index contributed by atoms with van der Waals surface area (Å²) in [6.45, 7) is 3.40. The molecule has 0 amide bonds. The quantitative estimate of drug-likeness (QED) is 0.840. The summed E-state index contributed by atoms with van der Waals surface area (Å²) in [4.78, 5) is 0. The summed E-state index contributed by atoms with van der Waals surface area (Å²) in [5.41, 5.74) is 1.62. The molecular weight excluding hydrogens is 232 g/mol. The average molecular weight is 245 g/mol. The minimum Gasteiger partial charge on any atom is -0.389 e. The van der Waals surface area contributed by atoms with E-state index in [1.807, 2.05) is 12.1 Å². The second-order valence-corrected chi connectivity index (χ2v) is 4.09. The van der Waals surface area contributed by atoms with Crippen molar-refractivity contribution in [1.29, 1.82) is 0 Å². The topological polar surface area (TPSA) is 40.5 Å². The third-order valence-electron chi connectivity index (χ3n) is 1.91. The lowest BCUT2D eigenvalue weighted by Crippen LogP contribution is -1.96. The van der Waals surface area contributed by atoms with E-state index in [0.717, 1.165) is 15.6 Å². The first-order valence-corrected chi connectivity index (χ1v) is 4.96. The molecule has 1 aromatic rings. The van der Waals surface area contributed by atoms with E-state index in [1.54, 1.807) is 19.9 Å². The van der Waals surface area contributed by atoms with Gasteiger partial charge in [-0.1, -0.05) is 22.0 Å². The number of hydrogen-bond acceptors (Lipinski definition) is 2. The summed E-state index contributed by atoms with van der Waals surface area (Å²) in [5, 5.41) is 18.7. The van der Waals surface area contributed by atoms with Crippen LogP contribution < -0.4 is 0 Å². The highest BCUT2D eigenvalue weighted by molar-refractivity contribution is 9.10. The molecule has 1 rings (SSSR count). The van der Waals surface area contributed by atoms with Crippen LogP contribution in [0.15, 0.2) is 22.7 Å². The molecule has 0 aliphatic rings. The van der Waals surface area contributed by atoms with E-state index in [1.165, 1.54) is 0 Å². The maximum absolute atomic E-state index is 9.35. The molecule has 0 bridgehead atoms. The monoisotopic (exact) mass is 244 g/mol. The average Bonchev–Trinajstić information content (AvgIpc) is 2.03. The van der Waals surface area contributed by atoms with E-state index in [0.29, 0.717) is 0 Å². The van der Waals surface area contributed by atoms with Gasteiger partial charge in [0.1, 0.15) is 0 Å². The molecule has 0 saturated heterocycles. The second-order valence-electron chi connectivity index (χ2n) is 3.17. The van der Waals surface area contributed by atoms with Gasteiger partial charge in [-0.25, -0.2) is 0 Å². The lowest BCUT2D eigenvalue weighted by Gasteiger charge is -2.10. The molecule has 0 heterocycles. The van der Waals surface area contributed by atoms with Crippen molar-refractivity contribution in [1.82, 2.24) is 0 Å². The number of hydrogen-bond donors (Lipinski definition) is 2. The van der Waals surface area contributed by atoms with Gasteiger partial charge in [0.25, 0.3) is 0 Å². The van der Waals surface area contributed by atoms with Gasteiger partial charge in [-0.3, -0.25) is 0 Å². The van der Waals surface area contributed by atoms with Gasteiger partial charge in [-0.05, 0) is 37.1 Å². The van der Waals surface area contributed by atoms with E-state index in [-0.39, 0.29) is 0 Å². The van der Waals surface area contributed by atoms with Crippen LogP contribution in [0, 0.1) is 0 Å². The molecule has 13 heavy (non-hydrogen) atoms. The summed E-state index contributed by atoms with van der Waals surface area (Å²) in [6, 6.07) is 5.49. The van der Waals surface area contributed by atoms with Crippen LogP contribution in [-0.2, 0) is 0 Å². The fourth-order valence-corrected chi connectivity index (χ4v) is 1.65. The number of halogens is 1. The predicted molar refractivity (Wildman–Crippen MR) is 55.4 cm³/mol. The van der Waals surface area contributed by atoms with Crippen molar-refractivity contribution in [3.8, 4) is 0 Å². The van der Waals surface area contributed by atoms with Crippen LogP contribution in [0.3, 0.4) is 0 Å². The molecule has 2 atom stereocenters. The largest absolute Gasteiger partial charge is 0.389 e. The van der Waals surface area contributed by atoms with Crippen molar-refractivity contribution >= 4 is 15.9 Å². The first-order chi connectivity index (χ1) is 6.00. The van der Waals surface area contributed by atoms with E-state index >= 15 is 0 Å². The first kappa shape index (κ1) is 10.7. The maximum atomic E-state index is 9.35. The minimum atomic E-state index is -0.505. The Balaban J connectivity index is 3.11. The first-order valence-electron chi connectivity index (χ1n) is 4.17. The Bertz CT molecular complexity index is 269. The predicted octanol–water partition coefficient (Wildman–Crippen LogP) is 2.56. The molecule has 3 heteroatoms. The Hall–Kier alpha value is -0.380. The van der Waals surface area contributed by atoms with Gasteiger partial charge < -0.3 is 10.2 Å². The van der Waals surface area contributed by atoms with Crippen LogP contribution in [0.5, 0.6) is 0 Å². The summed E-state index contributed by atoms with van der Waals surface area (Å²) in [6.07, 6.45) is -1.01. The molecule has 2 N–H and O–H groups in total. The van der Waals surface area contributed by atoms with E-state index in [2.05, 4.69) is 15.9 Å². The number of benzene rings is 1. The summed E-state index contributed by atoms with van der Waals surface area (Å²) in [7, 11) is 0. The van der Waals surface area contributed by atoms with Crippen LogP contribution in [-0.4, -0.2) is 10.2 Å². The van der Waals surface area contributed by atoms with Gasteiger partial charge in [0.15, 0.2) is 0 Å². The fraction of sp³-hybridized carbons (Fsp3) is 0.400. The lowest BCUT2D eigenvalue weighted by molar-refractivity contribution is 0.192. The molecule has 0 spiro atoms. The number of aliphatic hydroxyl groups excluding tert-OH is 2. The van der Waals surface area contributed by atoms with Gasteiger partial charge in [0, 0.05) is 4.47 Å². The summed E-state index contributed by atoms with van der Waals surface area (Å²) < 4.78 is 0.877. The zero-order chi connectivity index (χ0) is 10.0. The van der Waals surface area contributed by atoms with E-state index < -0.39 is 12.2 Å². The highest BCUT2D eigenvalue weighted by atomic mass is 79.9. The molecule has 72 valence electrons. The number of aliphatic hydroxyl groups is 2. The van der Waals surface area contributed by atoms with Gasteiger partial charge >= 0.3 is 0 Å². The highest BCUT2D eigenvalue weighted by Gasteiger charge is 2.07. The van der Waals surface area contributed by atoms with Gasteiger partial charge in [0.05, 0.1) is 12.2 Å². The molecule has 0 aliphatic carbocycles. The molecule has 2 nitrogen and oxygen atoms in total. The van der Waals surface area contributed by atoms with E-state index in [4.69, 9.17) is 0 Å². The zero-order valence-corrected chi connectivity index (χ0v) is 9.25. The Labute approximate surface area is 86.3 Å². The molecule has 0 saturated carbocycles. The van der Waals surface area contributed by atoms with Gasteiger partial charge in [0.2, 0.25) is 0 Å². The SMILES string of the molecule is C[C@@H](O)c1cc(Br)cc([C@@H](C)O)c1. The molecule has 0 fully saturated rings. The van der Waals surface area contributed by atoms with Crippen molar-refractivity contribution in [3.05, 3.63) is 33.8 Å². The Morgan fingerprint density at radius 3 is 1.69 bits per heavy atom. The van der Waals surface area contributed by atoms with Crippen LogP contribution in [0.4, 0.5) is 0 Å². The van der Waals surface area contributed by atoms with Crippen LogP contribution >= 0.6 is 15.9 Å². The Kier molecular flexibility index (Phi) is 3.47.